The Labute approximate surface area is 119 Å². The third kappa shape index (κ3) is 3.54. The van der Waals surface area contributed by atoms with Crippen LogP contribution in [-0.4, -0.2) is 12.5 Å². The summed E-state index contributed by atoms with van der Waals surface area (Å²) >= 11 is 1.32. The number of nitrogens with two attached hydrogens (primary N) is 1. The number of anilines is 1. The standard InChI is InChI=1S/C14H14F2N2OS/c1-8-12(17)7-13(20-8)14(19)18-3-2-9-4-10(15)6-11(16)5-9/h4-7H,2-3,17H2,1H3,(H,18,19). The van der Waals surface area contributed by atoms with Crippen molar-refractivity contribution >= 4 is 22.9 Å². The van der Waals surface area contributed by atoms with Gasteiger partial charge in [0.2, 0.25) is 0 Å². The largest absolute Gasteiger partial charge is 0.398 e. The molecule has 0 aliphatic rings. The van der Waals surface area contributed by atoms with Gasteiger partial charge in [-0.15, -0.1) is 11.3 Å². The normalized spacial score (nSPS) is 10.6. The first kappa shape index (κ1) is 14.5. The van der Waals surface area contributed by atoms with Crippen molar-refractivity contribution < 1.29 is 13.6 Å². The lowest BCUT2D eigenvalue weighted by Gasteiger charge is -2.04. The molecule has 3 nitrogen and oxygen atoms in total. The second kappa shape index (κ2) is 6.00. The molecule has 0 spiro atoms. The summed E-state index contributed by atoms with van der Waals surface area (Å²) in [7, 11) is 0. The molecule has 0 fully saturated rings. The number of benzene rings is 1. The summed E-state index contributed by atoms with van der Waals surface area (Å²) in [5, 5.41) is 2.70. The predicted molar refractivity (Wildman–Crippen MR) is 75.9 cm³/mol. The van der Waals surface area contributed by atoms with Crippen LogP contribution in [0.15, 0.2) is 24.3 Å². The maximum Gasteiger partial charge on any atom is 0.261 e. The van der Waals surface area contributed by atoms with Crippen LogP contribution in [0.5, 0.6) is 0 Å². The van der Waals surface area contributed by atoms with Gasteiger partial charge >= 0.3 is 0 Å². The molecule has 2 aromatic rings. The van der Waals surface area contributed by atoms with Gasteiger partial charge in [-0.1, -0.05) is 0 Å². The number of amides is 1. The van der Waals surface area contributed by atoms with Gasteiger partial charge in [-0.2, -0.15) is 0 Å². The number of thiophene rings is 1. The Balaban J connectivity index is 1.91. The second-order valence-corrected chi connectivity index (χ2v) is 5.66. The molecule has 6 heteroatoms. The van der Waals surface area contributed by atoms with Crippen molar-refractivity contribution in [1.29, 1.82) is 0 Å². The number of carbonyl (C=O) groups excluding carboxylic acids is 1. The minimum absolute atomic E-state index is 0.230. The van der Waals surface area contributed by atoms with Crippen molar-refractivity contribution in [3.63, 3.8) is 0 Å². The van der Waals surface area contributed by atoms with Crippen LogP contribution in [0.3, 0.4) is 0 Å². The lowest BCUT2D eigenvalue weighted by molar-refractivity contribution is 0.0958. The number of hydrogen-bond acceptors (Lipinski definition) is 3. The highest BCUT2D eigenvalue weighted by Gasteiger charge is 2.10. The number of carbonyl (C=O) groups is 1. The molecule has 0 aliphatic carbocycles. The molecule has 0 aliphatic heterocycles. The van der Waals surface area contributed by atoms with E-state index in [-0.39, 0.29) is 5.91 Å². The van der Waals surface area contributed by atoms with Gasteiger partial charge < -0.3 is 11.1 Å². The third-order valence-corrected chi connectivity index (χ3v) is 3.87. The van der Waals surface area contributed by atoms with Crippen LogP contribution in [-0.2, 0) is 6.42 Å². The van der Waals surface area contributed by atoms with Gasteiger partial charge in [-0.3, -0.25) is 4.79 Å². The van der Waals surface area contributed by atoms with E-state index in [1.54, 1.807) is 6.07 Å². The van der Waals surface area contributed by atoms with Crippen molar-refractivity contribution in [2.24, 2.45) is 0 Å². The second-order valence-electron chi connectivity index (χ2n) is 4.41. The van der Waals surface area contributed by atoms with E-state index in [9.17, 15) is 13.6 Å². The Morgan fingerprint density at radius 2 is 1.90 bits per heavy atom. The van der Waals surface area contributed by atoms with Crippen LogP contribution in [0.2, 0.25) is 0 Å². The molecule has 1 amide bonds. The highest BCUT2D eigenvalue weighted by molar-refractivity contribution is 7.14. The van der Waals surface area contributed by atoms with Gasteiger partial charge in [0.1, 0.15) is 11.6 Å². The molecule has 0 radical (unpaired) electrons. The highest BCUT2D eigenvalue weighted by Crippen LogP contribution is 2.23. The van der Waals surface area contributed by atoms with Crippen molar-refractivity contribution in [2.75, 3.05) is 12.3 Å². The predicted octanol–water partition coefficient (Wildman–Crippen LogP) is 2.89. The smallest absolute Gasteiger partial charge is 0.261 e. The molecule has 0 atom stereocenters. The average Bonchev–Trinajstić information content (AvgIpc) is 2.68. The van der Waals surface area contributed by atoms with Gasteiger partial charge in [0.15, 0.2) is 0 Å². The number of hydrogen-bond donors (Lipinski definition) is 2. The summed E-state index contributed by atoms with van der Waals surface area (Å²) in [6, 6.07) is 4.95. The molecule has 0 unspecified atom stereocenters. The molecular formula is C14H14F2N2OS. The monoisotopic (exact) mass is 296 g/mol. The zero-order valence-electron chi connectivity index (χ0n) is 10.9. The molecule has 1 aromatic carbocycles. The van der Waals surface area contributed by atoms with Crippen LogP contribution in [0.1, 0.15) is 20.1 Å². The molecule has 0 bridgehead atoms. The van der Waals surface area contributed by atoms with E-state index in [0.717, 1.165) is 10.9 Å². The SMILES string of the molecule is Cc1sc(C(=O)NCCc2cc(F)cc(F)c2)cc1N. The number of aryl methyl sites for hydroxylation is 1. The van der Waals surface area contributed by atoms with Crippen LogP contribution >= 0.6 is 11.3 Å². The molecule has 20 heavy (non-hydrogen) atoms. The fourth-order valence-corrected chi connectivity index (χ4v) is 2.63. The van der Waals surface area contributed by atoms with E-state index in [2.05, 4.69) is 5.32 Å². The van der Waals surface area contributed by atoms with Crippen LogP contribution in [0.4, 0.5) is 14.5 Å². The molecule has 3 N–H and O–H groups in total. The Kier molecular flexibility index (Phi) is 4.34. The average molecular weight is 296 g/mol. The Bertz CT molecular complexity index is 600. The van der Waals surface area contributed by atoms with Crippen LogP contribution in [0, 0.1) is 18.6 Å². The minimum atomic E-state index is -0.618. The summed E-state index contributed by atoms with van der Waals surface area (Å²) in [5.74, 6) is -1.47. The van der Waals surface area contributed by atoms with Gasteiger partial charge in [0, 0.05) is 23.2 Å². The van der Waals surface area contributed by atoms with E-state index in [1.165, 1.54) is 23.5 Å². The number of halogens is 2. The Morgan fingerprint density at radius 1 is 1.25 bits per heavy atom. The Morgan fingerprint density at radius 3 is 2.45 bits per heavy atom. The first-order valence-electron chi connectivity index (χ1n) is 6.05. The minimum Gasteiger partial charge on any atom is -0.398 e. The fraction of sp³-hybridized carbons (Fsp3) is 0.214. The number of rotatable bonds is 4. The fourth-order valence-electron chi connectivity index (χ4n) is 1.77. The molecule has 0 saturated heterocycles. The topological polar surface area (TPSA) is 55.1 Å². The first-order chi connectivity index (χ1) is 9.45. The summed E-state index contributed by atoms with van der Waals surface area (Å²) in [6.45, 7) is 2.14. The molecule has 1 aromatic heterocycles. The number of nitrogen functional groups attached to an aromatic ring is 1. The number of nitrogens with one attached hydrogen (secondary N) is 1. The Hall–Kier alpha value is -1.95. The lowest BCUT2D eigenvalue weighted by Crippen LogP contribution is -2.24. The summed E-state index contributed by atoms with van der Waals surface area (Å²) < 4.78 is 26.0. The van der Waals surface area contributed by atoms with Gasteiger partial charge in [0.05, 0.1) is 4.88 Å². The van der Waals surface area contributed by atoms with E-state index < -0.39 is 11.6 Å². The van der Waals surface area contributed by atoms with Crippen molar-refractivity contribution in [3.05, 3.63) is 51.2 Å². The van der Waals surface area contributed by atoms with E-state index >= 15 is 0 Å². The molecule has 2 rings (SSSR count). The van der Waals surface area contributed by atoms with Crippen molar-refractivity contribution in [2.45, 2.75) is 13.3 Å². The van der Waals surface area contributed by atoms with Crippen LogP contribution < -0.4 is 11.1 Å². The van der Waals surface area contributed by atoms with Crippen molar-refractivity contribution in [1.82, 2.24) is 5.32 Å². The van der Waals surface area contributed by atoms with Crippen molar-refractivity contribution in [3.8, 4) is 0 Å². The molecule has 1 heterocycles. The quantitative estimate of drug-likeness (QED) is 0.911. The molecule has 0 saturated carbocycles. The lowest BCUT2D eigenvalue weighted by atomic mass is 10.1. The van der Waals surface area contributed by atoms with Crippen LogP contribution in [0.25, 0.3) is 0 Å². The van der Waals surface area contributed by atoms with Gasteiger partial charge in [-0.05, 0) is 37.1 Å². The molecule has 106 valence electrons. The van der Waals surface area contributed by atoms with Gasteiger partial charge in [-0.25, -0.2) is 8.78 Å². The van der Waals surface area contributed by atoms with Gasteiger partial charge in [0.25, 0.3) is 5.91 Å². The zero-order chi connectivity index (χ0) is 14.7. The molecular weight excluding hydrogens is 282 g/mol. The van der Waals surface area contributed by atoms with E-state index in [0.29, 0.717) is 29.1 Å². The summed E-state index contributed by atoms with van der Waals surface area (Å²) in [5.41, 5.74) is 6.77. The maximum atomic E-state index is 13.0. The maximum absolute atomic E-state index is 13.0. The first-order valence-corrected chi connectivity index (χ1v) is 6.86. The third-order valence-electron chi connectivity index (χ3n) is 2.80. The van der Waals surface area contributed by atoms with E-state index in [4.69, 9.17) is 5.73 Å². The summed E-state index contributed by atoms with van der Waals surface area (Å²) in [6.07, 6.45) is 0.361. The zero-order valence-corrected chi connectivity index (χ0v) is 11.7. The van der Waals surface area contributed by atoms with E-state index in [1.807, 2.05) is 6.92 Å². The summed E-state index contributed by atoms with van der Waals surface area (Å²) in [4.78, 5) is 13.3. The highest BCUT2D eigenvalue weighted by atomic mass is 32.1.